The van der Waals surface area contributed by atoms with Crippen molar-refractivity contribution in [2.24, 2.45) is 5.92 Å². The molecule has 0 spiro atoms. The highest BCUT2D eigenvalue weighted by molar-refractivity contribution is 5.72. The van der Waals surface area contributed by atoms with Crippen molar-refractivity contribution in [2.45, 2.75) is 38.6 Å². The van der Waals surface area contributed by atoms with Crippen molar-refractivity contribution < 1.29 is 4.74 Å². The summed E-state index contributed by atoms with van der Waals surface area (Å²) >= 11 is 0. The molecule has 0 amide bonds. The van der Waals surface area contributed by atoms with Gasteiger partial charge in [0.1, 0.15) is 5.75 Å². The number of rotatable bonds is 2. The Balaban J connectivity index is 1.95. The number of anilines is 1. The van der Waals surface area contributed by atoms with Crippen LogP contribution in [0.1, 0.15) is 42.0 Å². The van der Waals surface area contributed by atoms with Crippen molar-refractivity contribution in [1.29, 1.82) is 0 Å². The summed E-state index contributed by atoms with van der Waals surface area (Å²) in [6.45, 7) is 6.84. The molecule has 2 aromatic rings. The van der Waals surface area contributed by atoms with Gasteiger partial charge in [0.05, 0.1) is 12.6 Å². The average molecular weight is 293 g/mol. The van der Waals surface area contributed by atoms with Crippen LogP contribution in [0.3, 0.4) is 0 Å². The molecule has 2 aromatic carbocycles. The maximum atomic E-state index is 5.51. The molecule has 114 valence electrons. The molecule has 1 aliphatic carbocycles. The molecule has 1 aliphatic heterocycles. The normalized spacial score (nSPS) is 24.7. The molecular formula is C20H23NO. The molecule has 2 unspecified atom stereocenters. The van der Waals surface area contributed by atoms with E-state index in [1.54, 1.807) is 7.11 Å². The van der Waals surface area contributed by atoms with Gasteiger partial charge in [0, 0.05) is 11.6 Å². The fourth-order valence-corrected chi connectivity index (χ4v) is 4.59. The highest BCUT2D eigenvalue weighted by Gasteiger charge is 2.54. The number of hydrogen-bond acceptors (Lipinski definition) is 2. The predicted octanol–water partition coefficient (Wildman–Crippen LogP) is 4.62. The first-order valence-electron chi connectivity index (χ1n) is 8.13. The number of benzene rings is 2. The van der Waals surface area contributed by atoms with Crippen LogP contribution in [0.4, 0.5) is 5.69 Å². The lowest BCUT2D eigenvalue weighted by atomic mass is 9.75. The Morgan fingerprint density at radius 2 is 2.00 bits per heavy atom. The molecule has 22 heavy (non-hydrogen) atoms. The molecule has 0 saturated carbocycles. The molecule has 2 heteroatoms. The molecule has 0 bridgehead atoms. The number of aryl methyl sites for hydroxylation is 1. The molecule has 2 nitrogen and oxygen atoms in total. The molecule has 0 radical (unpaired) electrons. The van der Waals surface area contributed by atoms with E-state index in [1.165, 1.54) is 27.9 Å². The van der Waals surface area contributed by atoms with Crippen LogP contribution in [0.15, 0.2) is 36.4 Å². The highest BCUT2D eigenvalue weighted by Crippen LogP contribution is 2.59. The van der Waals surface area contributed by atoms with Gasteiger partial charge in [0.2, 0.25) is 0 Å². The van der Waals surface area contributed by atoms with Gasteiger partial charge >= 0.3 is 0 Å². The van der Waals surface area contributed by atoms with Crippen molar-refractivity contribution in [3.05, 3.63) is 58.7 Å². The minimum atomic E-state index is 0.0239. The van der Waals surface area contributed by atoms with E-state index >= 15 is 0 Å². The molecule has 0 aromatic heterocycles. The number of ether oxygens (including phenoxy) is 1. The molecule has 1 N–H and O–H groups in total. The van der Waals surface area contributed by atoms with Gasteiger partial charge in [-0.15, -0.1) is 0 Å². The second-order valence-corrected chi connectivity index (χ2v) is 6.97. The predicted molar refractivity (Wildman–Crippen MR) is 90.8 cm³/mol. The molecular weight excluding hydrogens is 270 g/mol. The third-order valence-electron chi connectivity index (χ3n) is 5.63. The van der Waals surface area contributed by atoms with Crippen LogP contribution in [-0.2, 0) is 12.0 Å². The fraction of sp³-hybridized carbons (Fsp3) is 0.400. The Morgan fingerprint density at radius 3 is 2.73 bits per heavy atom. The molecule has 0 saturated heterocycles. The Labute approximate surface area is 132 Å². The maximum Gasteiger partial charge on any atom is 0.119 e. The van der Waals surface area contributed by atoms with E-state index in [2.05, 4.69) is 62.5 Å². The van der Waals surface area contributed by atoms with Gasteiger partial charge in [-0.05, 0) is 53.6 Å². The van der Waals surface area contributed by atoms with E-state index in [0.29, 0.717) is 11.8 Å². The van der Waals surface area contributed by atoms with Gasteiger partial charge in [-0.25, -0.2) is 0 Å². The van der Waals surface area contributed by atoms with Gasteiger partial charge in [-0.2, -0.15) is 0 Å². The third kappa shape index (κ3) is 1.55. The van der Waals surface area contributed by atoms with Crippen molar-refractivity contribution in [1.82, 2.24) is 0 Å². The number of fused-ring (bicyclic) bond motifs is 5. The minimum absolute atomic E-state index is 0.0239. The first kappa shape index (κ1) is 13.7. The summed E-state index contributed by atoms with van der Waals surface area (Å²) in [5.41, 5.74) is 7.00. The van der Waals surface area contributed by atoms with Crippen LogP contribution in [0.2, 0.25) is 0 Å². The summed E-state index contributed by atoms with van der Waals surface area (Å²) in [6.07, 6.45) is 1.11. The quantitative estimate of drug-likeness (QED) is 0.872. The van der Waals surface area contributed by atoms with Crippen LogP contribution < -0.4 is 10.1 Å². The molecule has 1 heterocycles. The SMILES string of the molecule is COc1cc(C)c2c(c1)C1Cc3ccccc3C1(C(C)C)N2. The zero-order valence-corrected chi connectivity index (χ0v) is 13.7. The van der Waals surface area contributed by atoms with E-state index in [9.17, 15) is 0 Å². The van der Waals surface area contributed by atoms with Crippen LogP contribution in [0.25, 0.3) is 0 Å². The molecule has 0 fully saturated rings. The average Bonchev–Trinajstić information content (AvgIpc) is 3.00. The second kappa shape index (κ2) is 4.52. The van der Waals surface area contributed by atoms with Gasteiger partial charge in [-0.3, -0.25) is 0 Å². The van der Waals surface area contributed by atoms with E-state index in [4.69, 9.17) is 4.74 Å². The Hall–Kier alpha value is -1.96. The first-order chi connectivity index (χ1) is 10.6. The van der Waals surface area contributed by atoms with Crippen LogP contribution in [0.5, 0.6) is 5.75 Å². The maximum absolute atomic E-state index is 5.51. The third-order valence-corrected chi connectivity index (χ3v) is 5.63. The summed E-state index contributed by atoms with van der Waals surface area (Å²) in [5, 5.41) is 3.93. The summed E-state index contributed by atoms with van der Waals surface area (Å²) < 4.78 is 5.51. The minimum Gasteiger partial charge on any atom is -0.497 e. The zero-order chi connectivity index (χ0) is 15.5. The van der Waals surface area contributed by atoms with Crippen molar-refractivity contribution in [3.8, 4) is 5.75 Å². The zero-order valence-electron chi connectivity index (χ0n) is 13.7. The summed E-state index contributed by atoms with van der Waals surface area (Å²) in [5.74, 6) is 1.99. The smallest absolute Gasteiger partial charge is 0.119 e. The van der Waals surface area contributed by atoms with Crippen molar-refractivity contribution in [3.63, 3.8) is 0 Å². The Bertz CT molecular complexity index is 749. The molecule has 2 aliphatic rings. The van der Waals surface area contributed by atoms with Gasteiger partial charge in [0.25, 0.3) is 0 Å². The lowest BCUT2D eigenvalue weighted by Gasteiger charge is -2.36. The summed E-state index contributed by atoms with van der Waals surface area (Å²) in [4.78, 5) is 0. The second-order valence-electron chi connectivity index (χ2n) is 6.97. The van der Waals surface area contributed by atoms with Crippen molar-refractivity contribution >= 4 is 5.69 Å². The van der Waals surface area contributed by atoms with Gasteiger partial charge in [-0.1, -0.05) is 38.1 Å². The molecule has 2 atom stereocenters. The van der Waals surface area contributed by atoms with E-state index in [0.717, 1.165) is 12.2 Å². The van der Waals surface area contributed by atoms with Crippen molar-refractivity contribution in [2.75, 3.05) is 12.4 Å². The standard InChI is InChI=1S/C20H23NO/c1-12(2)20-17-8-6-5-7-14(17)10-18(20)16-11-15(22-4)9-13(3)19(16)21-20/h5-9,11-12,18,21H,10H2,1-4H3. The number of hydrogen-bond donors (Lipinski definition) is 1. The largest absolute Gasteiger partial charge is 0.497 e. The van der Waals surface area contributed by atoms with E-state index in [1.807, 2.05) is 0 Å². The topological polar surface area (TPSA) is 21.3 Å². The van der Waals surface area contributed by atoms with Crippen LogP contribution in [-0.4, -0.2) is 7.11 Å². The lowest BCUT2D eigenvalue weighted by Crippen LogP contribution is -2.39. The van der Waals surface area contributed by atoms with E-state index < -0.39 is 0 Å². The van der Waals surface area contributed by atoms with E-state index in [-0.39, 0.29) is 5.54 Å². The summed E-state index contributed by atoms with van der Waals surface area (Å²) in [6, 6.07) is 13.3. The first-order valence-corrected chi connectivity index (χ1v) is 8.13. The number of methoxy groups -OCH3 is 1. The van der Waals surface area contributed by atoms with Crippen LogP contribution in [0, 0.1) is 12.8 Å². The Morgan fingerprint density at radius 1 is 1.23 bits per heavy atom. The van der Waals surface area contributed by atoms with Gasteiger partial charge < -0.3 is 10.1 Å². The monoisotopic (exact) mass is 293 g/mol. The van der Waals surface area contributed by atoms with Crippen LogP contribution >= 0.6 is 0 Å². The number of nitrogens with one attached hydrogen (secondary N) is 1. The lowest BCUT2D eigenvalue weighted by molar-refractivity contribution is 0.325. The van der Waals surface area contributed by atoms with Gasteiger partial charge in [0.15, 0.2) is 0 Å². The fourth-order valence-electron chi connectivity index (χ4n) is 4.59. The summed E-state index contributed by atoms with van der Waals surface area (Å²) in [7, 11) is 1.75. The molecule has 4 rings (SSSR count). The highest BCUT2D eigenvalue weighted by atomic mass is 16.5. The Kier molecular flexibility index (Phi) is 2.81.